The number of nitrogens with zero attached hydrogens (tertiary/aromatic N) is 1. The van der Waals surface area contributed by atoms with E-state index in [0.29, 0.717) is 22.9 Å². The first kappa shape index (κ1) is 21.2. The summed E-state index contributed by atoms with van der Waals surface area (Å²) < 4.78 is 33.6. The van der Waals surface area contributed by atoms with Crippen molar-refractivity contribution in [3.05, 3.63) is 87.9 Å². The van der Waals surface area contributed by atoms with Crippen LogP contribution in [0.1, 0.15) is 22.3 Å². The van der Waals surface area contributed by atoms with Gasteiger partial charge in [0.1, 0.15) is 10.6 Å². The van der Waals surface area contributed by atoms with Crippen molar-refractivity contribution in [3.63, 3.8) is 0 Å². The molecule has 0 aromatic heterocycles. The maximum absolute atomic E-state index is 12.9. The first-order valence-corrected chi connectivity index (χ1v) is 11.6. The highest BCUT2D eigenvalue weighted by Gasteiger charge is 2.28. The number of benzene rings is 3. The molecule has 0 saturated carbocycles. The van der Waals surface area contributed by atoms with Gasteiger partial charge >= 0.3 is 0 Å². The number of hydrogen-bond acceptors (Lipinski definition) is 4. The first-order valence-electron chi connectivity index (χ1n) is 9.70. The highest BCUT2D eigenvalue weighted by atomic mass is 35.5. The van der Waals surface area contributed by atoms with E-state index in [2.05, 4.69) is 15.0 Å². The van der Waals surface area contributed by atoms with Crippen molar-refractivity contribution in [2.45, 2.75) is 24.8 Å². The standard InChI is InChI=1S/C23H22ClN3O3S/c1-15-10-11-18(20(12-15)30-2)14-25-23-26-22-17(13-16-6-3-4-8-19(16)24)7-5-9-21(22)31(28,29)27-23/h3-12H,13-14H2,1-2H3,(H2,25,26,27). The van der Waals surface area contributed by atoms with Crippen molar-refractivity contribution >= 4 is 33.3 Å². The molecular formula is C23H22ClN3O3S. The number of anilines is 1. The highest BCUT2D eigenvalue weighted by molar-refractivity contribution is 7.90. The zero-order valence-electron chi connectivity index (χ0n) is 17.1. The molecule has 4 rings (SSSR count). The number of aryl methyl sites for hydroxylation is 1. The molecule has 2 N–H and O–H groups in total. The lowest BCUT2D eigenvalue weighted by Gasteiger charge is -2.24. The minimum Gasteiger partial charge on any atom is -0.496 e. The van der Waals surface area contributed by atoms with Crippen LogP contribution in [-0.2, 0) is 23.0 Å². The van der Waals surface area contributed by atoms with E-state index in [1.807, 2.05) is 55.5 Å². The molecule has 3 aromatic rings. The second-order valence-corrected chi connectivity index (χ2v) is 9.33. The van der Waals surface area contributed by atoms with Crippen molar-refractivity contribution < 1.29 is 13.2 Å². The van der Waals surface area contributed by atoms with Gasteiger partial charge in [-0.05, 0) is 41.8 Å². The molecule has 0 bridgehead atoms. The van der Waals surface area contributed by atoms with Gasteiger partial charge in [-0.3, -0.25) is 0 Å². The Morgan fingerprint density at radius 2 is 1.77 bits per heavy atom. The molecule has 3 aromatic carbocycles. The molecule has 0 atom stereocenters. The average Bonchev–Trinajstić information content (AvgIpc) is 2.74. The third kappa shape index (κ3) is 4.52. The van der Waals surface area contributed by atoms with Crippen LogP contribution in [0.4, 0.5) is 5.69 Å². The van der Waals surface area contributed by atoms with Gasteiger partial charge in [-0.25, -0.2) is 18.1 Å². The lowest BCUT2D eigenvalue weighted by molar-refractivity contribution is 0.409. The molecule has 0 amide bonds. The first-order chi connectivity index (χ1) is 14.9. The summed E-state index contributed by atoms with van der Waals surface area (Å²) in [6, 6.07) is 18.5. The highest BCUT2D eigenvalue weighted by Crippen LogP contribution is 2.31. The summed E-state index contributed by atoms with van der Waals surface area (Å²) in [6.07, 6.45) is 0.491. The Morgan fingerprint density at radius 1 is 1.00 bits per heavy atom. The van der Waals surface area contributed by atoms with Crippen LogP contribution >= 0.6 is 11.6 Å². The molecule has 0 saturated heterocycles. The number of ether oxygens (including phenoxy) is 1. The van der Waals surface area contributed by atoms with Gasteiger partial charge in [-0.2, -0.15) is 0 Å². The Labute approximate surface area is 187 Å². The van der Waals surface area contributed by atoms with Crippen LogP contribution in [0.3, 0.4) is 0 Å². The SMILES string of the molecule is COc1cc(C)ccc1CN=C1Nc2c(Cc3ccccc3Cl)cccc2S(=O)(=O)N1. The van der Waals surface area contributed by atoms with Gasteiger partial charge in [0.15, 0.2) is 0 Å². The number of nitrogens with one attached hydrogen (secondary N) is 2. The third-order valence-electron chi connectivity index (χ3n) is 5.07. The number of guanidine groups is 1. The summed E-state index contributed by atoms with van der Waals surface area (Å²) in [5, 5.41) is 3.79. The molecule has 1 aliphatic rings. The average molecular weight is 456 g/mol. The number of hydrogen-bond donors (Lipinski definition) is 2. The molecule has 160 valence electrons. The number of aliphatic imine (C=N–C) groups is 1. The van der Waals surface area contributed by atoms with Crippen LogP contribution in [-0.4, -0.2) is 21.5 Å². The van der Waals surface area contributed by atoms with E-state index in [1.54, 1.807) is 19.2 Å². The molecule has 0 spiro atoms. The van der Waals surface area contributed by atoms with Gasteiger partial charge in [-0.1, -0.05) is 54.1 Å². The summed E-state index contributed by atoms with van der Waals surface area (Å²) in [7, 11) is -2.15. The topological polar surface area (TPSA) is 79.8 Å². The maximum atomic E-state index is 12.9. The van der Waals surface area contributed by atoms with E-state index in [9.17, 15) is 8.42 Å². The van der Waals surface area contributed by atoms with Crippen LogP contribution in [0.2, 0.25) is 5.02 Å². The number of para-hydroxylation sites is 1. The Morgan fingerprint density at radius 3 is 2.55 bits per heavy atom. The number of sulfonamides is 1. The minimum absolute atomic E-state index is 0.168. The van der Waals surface area contributed by atoms with E-state index in [0.717, 1.165) is 22.3 Å². The molecule has 0 radical (unpaired) electrons. The predicted octanol–water partition coefficient (Wildman–Crippen LogP) is 4.51. The fourth-order valence-electron chi connectivity index (χ4n) is 3.48. The van der Waals surface area contributed by atoms with Crippen molar-refractivity contribution in [3.8, 4) is 5.75 Å². The largest absolute Gasteiger partial charge is 0.496 e. The quantitative estimate of drug-likeness (QED) is 0.593. The molecule has 1 heterocycles. The van der Waals surface area contributed by atoms with Gasteiger partial charge in [-0.15, -0.1) is 0 Å². The minimum atomic E-state index is -3.75. The van der Waals surface area contributed by atoms with Crippen LogP contribution in [0.15, 0.2) is 70.6 Å². The summed E-state index contributed by atoms with van der Waals surface area (Å²) in [5.41, 5.74) is 4.17. The van der Waals surface area contributed by atoms with E-state index in [-0.39, 0.29) is 17.4 Å². The van der Waals surface area contributed by atoms with Gasteiger partial charge < -0.3 is 10.1 Å². The fourth-order valence-corrected chi connectivity index (χ4v) is 4.87. The second-order valence-electron chi connectivity index (χ2n) is 7.27. The van der Waals surface area contributed by atoms with Crippen LogP contribution < -0.4 is 14.8 Å². The number of fused-ring (bicyclic) bond motifs is 1. The van der Waals surface area contributed by atoms with E-state index < -0.39 is 10.0 Å². The Balaban J connectivity index is 1.67. The molecule has 8 heteroatoms. The third-order valence-corrected chi connectivity index (χ3v) is 6.82. The van der Waals surface area contributed by atoms with Crippen LogP contribution in [0.5, 0.6) is 5.75 Å². The van der Waals surface area contributed by atoms with Crippen LogP contribution in [0.25, 0.3) is 0 Å². The number of methoxy groups -OCH3 is 1. The van der Waals surface area contributed by atoms with Gasteiger partial charge in [0.25, 0.3) is 10.0 Å². The van der Waals surface area contributed by atoms with Crippen LogP contribution in [0, 0.1) is 6.92 Å². The molecule has 0 fully saturated rings. The van der Waals surface area contributed by atoms with Gasteiger partial charge in [0.2, 0.25) is 5.96 Å². The zero-order valence-corrected chi connectivity index (χ0v) is 18.7. The summed E-state index contributed by atoms with van der Waals surface area (Å²) in [4.78, 5) is 4.65. The predicted molar refractivity (Wildman–Crippen MR) is 124 cm³/mol. The smallest absolute Gasteiger partial charge is 0.266 e. The molecule has 0 aliphatic carbocycles. The number of halogens is 1. The summed E-state index contributed by atoms with van der Waals surface area (Å²) >= 11 is 6.31. The summed E-state index contributed by atoms with van der Waals surface area (Å²) in [5.74, 6) is 0.879. The summed E-state index contributed by atoms with van der Waals surface area (Å²) in [6.45, 7) is 2.24. The van der Waals surface area contributed by atoms with Crippen molar-refractivity contribution in [1.82, 2.24) is 4.72 Å². The van der Waals surface area contributed by atoms with E-state index in [4.69, 9.17) is 16.3 Å². The molecule has 6 nitrogen and oxygen atoms in total. The second kappa shape index (κ2) is 8.61. The monoisotopic (exact) mass is 455 g/mol. The van der Waals surface area contributed by atoms with Crippen molar-refractivity contribution in [1.29, 1.82) is 0 Å². The van der Waals surface area contributed by atoms with Gasteiger partial charge in [0, 0.05) is 17.0 Å². The molecule has 1 aliphatic heterocycles. The van der Waals surface area contributed by atoms with Gasteiger partial charge in [0.05, 0.1) is 19.3 Å². The lowest BCUT2D eigenvalue weighted by Crippen LogP contribution is -2.41. The Kier molecular flexibility index (Phi) is 5.89. The van der Waals surface area contributed by atoms with E-state index >= 15 is 0 Å². The number of rotatable bonds is 5. The molecule has 0 unspecified atom stereocenters. The molecule has 31 heavy (non-hydrogen) atoms. The fraction of sp³-hybridized carbons (Fsp3) is 0.174. The Hall–Kier alpha value is -3.03. The molecular weight excluding hydrogens is 434 g/mol. The Bertz CT molecular complexity index is 1270. The lowest BCUT2D eigenvalue weighted by atomic mass is 10.0. The van der Waals surface area contributed by atoms with Crippen molar-refractivity contribution in [2.75, 3.05) is 12.4 Å². The zero-order chi connectivity index (χ0) is 22.0. The van der Waals surface area contributed by atoms with Crippen molar-refractivity contribution in [2.24, 2.45) is 4.99 Å². The normalized spacial score (nSPS) is 15.6. The van der Waals surface area contributed by atoms with E-state index in [1.165, 1.54) is 0 Å². The maximum Gasteiger partial charge on any atom is 0.266 e.